The molecule has 1 aromatic carbocycles. The number of carbonyl (C=O) groups is 2. The fourth-order valence-electron chi connectivity index (χ4n) is 1.49. The third-order valence-electron chi connectivity index (χ3n) is 2.29. The van der Waals surface area contributed by atoms with Crippen molar-refractivity contribution in [1.82, 2.24) is 5.43 Å². The molecule has 0 unspecified atom stereocenters. The molecule has 0 bridgehead atoms. The smallest absolute Gasteiger partial charge is 0.344 e. The number of hydrogen-bond acceptors (Lipinski definition) is 6. The molecule has 0 heterocycles. The molecule has 2 amide bonds. The van der Waals surface area contributed by atoms with Crippen molar-refractivity contribution in [2.24, 2.45) is 10.8 Å². The number of urea groups is 1. The van der Waals surface area contributed by atoms with Crippen LogP contribution in [0.4, 0.5) is 4.79 Å². The first-order valence-corrected chi connectivity index (χ1v) is 6.51. The van der Waals surface area contributed by atoms with E-state index >= 15 is 0 Å². The summed E-state index contributed by atoms with van der Waals surface area (Å²) in [4.78, 5) is 21.9. The van der Waals surface area contributed by atoms with Crippen LogP contribution >= 0.6 is 0 Å². The molecule has 8 nitrogen and oxygen atoms in total. The molecule has 0 saturated heterocycles. The zero-order chi connectivity index (χ0) is 16.5. The highest BCUT2D eigenvalue weighted by molar-refractivity contribution is 5.82. The number of ether oxygens (including phenoxy) is 3. The Kier molecular flexibility index (Phi) is 6.68. The highest BCUT2D eigenvalue weighted by Gasteiger charge is 2.10. The van der Waals surface area contributed by atoms with E-state index in [2.05, 4.69) is 10.5 Å². The van der Waals surface area contributed by atoms with Gasteiger partial charge in [0.05, 0.1) is 19.4 Å². The largest absolute Gasteiger partial charge is 0.493 e. The van der Waals surface area contributed by atoms with Gasteiger partial charge in [0.25, 0.3) is 0 Å². The molecule has 22 heavy (non-hydrogen) atoms. The highest BCUT2D eigenvalue weighted by atomic mass is 16.6. The maximum absolute atomic E-state index is 11.4. The molecule has 0 aliphatic carbocycles. The summed E-state index contributed by atoms with van der Waals surface area (Å²) in [6.07, 6.45) is 1.19. The van der Waals surface area contributed by atoms with Crippen LogP contribution < -0.4 is 20.6 Å². The van der Waals surface area contributed by atoms with E-state index in [1.165, 1.54) is 13.3 Å². The van der Waals surface area contributed by atoms with Gasteiger partial charge in [-0.1, -0.05) is 0 Å². The van der Waals surface area contributed by atoms with Crippen LogP contribution in [-0.4, -0.2) is 38.0 Å². The first-order chi connectivity index (χ1) is 10.4. The zero-order valence-corrected chi connectivity index (χ0v) is 12.7. The Bertz CT molecular complexity index is 557. The van der Waals surface area contributed by atoms with Gasteiger partial charge in [0, 0.05) is 0 Å². The summed E-state index contributed by atoms with van der Waals surface area (Å²) < 4.78 is 15.5. The van der Waals surface area contributed by atoms with Crippen molar-refractivity contribution in [1.29, 1.82) is 0 Å². The molecule has 1 aromatic rings. The number of nitrogens with zero attached hydrogens (tertiary/aromatic N) is 1. The molecule has 3 N–H and O–H groups in total. The van der Waals surface area contributed by atoms with Crippen LogP contribution in [0.5, 0.6) is 11.5 Å². The summed E-state index contributed by atoms with van der Waals surface area (Å²) in [5.74, 6) is 0.344. The zero-order valence-electron chi connectivity index (χ0n) is 12.7. The van der Waals surface area contributed by atoms with Crippen molar-refractivity contribution in [2.45, 2.75) is 20.0 Å². The van der Waals surface area contributed by atoms with E-state index in [0.717, 1.165) is 0 Å². The number of methoxy groups -OCH3 is 1. The van der Waals surface area contributed by atoms with Gasteiger partial charge in [0.2, 0.25) is 0 Å². The number of rotatable bonds is 7. The molecule has 0 radical (unpaired) electrons. The number of benzene rings is 1. The van der Waals surface area contributed by atoms with Crippen molar-refractivity contribution >= 4 is 18.2 Å². The van der Waals surface area contributed by atoms with Crippen molar-refractivity contribution < 1.29 is 23.8 Å². The molecule has 0 aliphatic heterocycles. The van der Waals surface area contributed by atoms with E-state index in [1.54, 1.807) is 32.0 Å². The summed E-state index contributed by atoms with van der Waals surface area (Å²) >= 11 is 0. The van der Waals surface area contributed by atoms with E-state index in [0.29, 0.717) is 17.1 Å². The standard InChI is InChI=1S/C14H19N3O5/c1-9(2)22-13(18)8-21-11-5-4-10(6-12(11)20-3)7-16-17-14(15)19/h4-7,9H,8H2,1-3H3,(H3,15,17,19)/b16-7-. The second kappa shape index (κ2) is 8.50. The maximum Gasteiger partial charge on any atom is 0.344 e. The summed E-state index contributed by atoms with van der Waals surface area (Å²) in [5.41, 5.74) is 7.62. The second-order valence-corrected chi connectivity index (χ2v) is 4.47. The summed E-state index contributed by atoms with van der Waals surface area (Å²) in [6.45, 7) is 3.30. The van der Waals surface area contributed by atoms with Gasteiger partial charge in [-0.2, -0.15) is 5.10 Å². The van der Waals surface area contributed by atoms with E-state index in [4.69, 9.17) is 19.9 Å². The number of esters is 1. The third kappa shape index (κ3) is 6.12. The van der Waals surface area contributed by atoms with Crippen LogP contribution in [-0.2, 0) is 9.53 Å². The molecule has 0 aliphatic rings. The number of carbonyl (C=O) groups excluding carboxylic acids is 2. The maximum atomic E-state index is 11.4. The fourth-order valence-corrected chi connectivity index (χ4v) is 1.49. The van der Waals surface area contributed by atoms with Crippen LogP contribution in [0.15, 0.2) is 23.3 Å². The van der Waals surface area contributed by atoms with Crippen LogP contribution in [0.1, 0.15) is 19.4 Å². The summed E-state index contributed by atoms with van der Waals surface area (Å²) in [6, 6.07) is 4.17. The lowest BCUT2D eigenvalue weighted by molar-refractivity contribution is -0.149. The van der Waals surface area contributed by atoms with E-state index in [9.17, 15) is 9.59 Å². The molecule has 0 spiro atoms. The summed E-state index contributed by atoms with van der Waals surface area (Å²) in [7, 11) is 1.47. The Morgan fingerprint density at radius 1 is 1.36 bits per heavy atom. The number of hydrogen-bond donors (Lipinski definition) is 2. The van der Waals surface area contributed by atoms with Crippen LogP contribution in [0.25, 0.3) is 0 Å². The Morgan fingerprint density at radius 3 is 2.68 bits per heavy atom. The number of primary amides is 1. The van der Waals surface area contributed by atoms with Crippen molar-refractivity contribution in [2.75, 3.05) is 13.7 Å². The normalized spacial score (nSPS) is 10.5. The topological polar surface area (TPSA) is 112 Å². The Labute approximate surface area is 128 Å². The lowest BCUT2D eigenvalue weighted by atomic mass is 10.2. The van der Waals surface area contributed by atoms with Crippen molar-refractivity contribution in [3.8, 4) is 11.5 Å². The molecule has 0 aromatic heterocycles. The molecule has 120 valence electrons. The Morgan fingerprint density at radius 2 is 2.09 bits per heavy atom. The van der Waals surface area contributed by atoms with Gasteiger partial charge < -0.3 is 19.9 Å². The first kappa shape index (κ1) is 17.3. The van der Waals surface area contributed by atoms with E-state index in [1.807, 2.05) is 0 Å². The average Bonchev–Trinajstić information content (AvgIpc) is 2.44. The number of nitrogens with one attached hydrogen (secondary N) is 1. The minimum absolute atomic E-state index is 0.200. The quantitative estimate of drug-likeness (QED) is 0.444. The van der Waals surface area contributed by atoms with Crippen molar-refractivity contribution in [3.63, 3.8) is 0 Å². The Balaban J connectivity index is 2.70. The molecule has 0 saturated carbocycles. The minimum Gasteiger partial charge on any atom is -0.493 e. The second-order valence-electron chi connectivity index (χ2n) is 4.47. The van der Waals surface area contributed by atoms with Gasteiger partial charge in [-0.15, -0.1) is 0 Å². The SMILES string of the molecule is COc1cc(/C=N\NC(N)=O)ccc1OCC(=O)OC(C)C. The van der Waals surface area contributed by atoms with Gasteiger partial charge in [-0.3, -0.25) is 0 Å². The summed E-state index contributed by atoms with van der Waals surface area (Å²) in [5, 5.41) is 3.63. The van der Waals surface area contributed by atoms with Gasteiger partial charge in [-0.25, -0.2) is 15.0 Å². The fraction of sp³-hybridized carbons (Fsp3) is 0.357. The molecule has 1 rings (SSSR count). The highest BCUT2D eigenvalue weighted by Crippen LogP contribution is 2.27. The van der Waals surface area contributed by atoms with E-state index in [-0.39, 0.29) is 12.7 Å². The molecular formula is C14H19N3O5. The molecule has 0 fully saturated rings. The average molecular weight is 309 g/mol. The van der Waals surface area contributed by atoms with Crippen molar-refractivity contribution in [3.05, 3.63) is 23.8 Å². The van der Waals surface area contributed by atoms with Gasteiger partial charge in [0.1, 0.15) is 0 Å². The lowest BCUT2D eigenvalue weighted by Gasteiger charge is -2.12. The van der Waals surface area contributed by atoms with Crippen LogP contribution in [0.2, 0.25) is 0 Å². The number of nitrogens with two attached hydrogens (primary N) is 1. The lowest BCUT2D eigenvalue weighted by Crippen LogP contribution is -2.24. The molecule has 0 atom stereocenters. The molecule has 8 heteroatoms. The predicted octanol–water partition coefficient (Wildman–Crippen LogP) is 1.03. The van der Waals surface area contributed by atoms with Gasteiger partial charge in [0.15, 0.2) is 18.1 Å². The first-order valence-electron chi connectivity index (χ1n) is 6.51. The Hall–Kier alpha value is -2.77. The van der Waals surface area contributed by atoms with E-state index < -0.39 is 12.0 Å². The molecular weight excluding hydrogens is 290 g/mol. The predicted molar refractivity (Wildman–Crippen MR) is 80.0 cm³/mol. The number of hydrazone groups is 1. The van der Waals surface area contributed by atoms with Crippen LogP contribution in [0, 0.1) is 0 Å². The minimum atomic E-state index is -0.758. The van der Waals surface area contributed by atoms with Gasteiger partial charge in [-0.05, 0) is 37.6 Å². The van der Waals surface area contributed by atoms with Crippen LogP contribution in [0.3, 0.4) is 0 Å². The monoisotopic (exact) mass is 309 g/mol. The van der Waals surface area contributed by atoms with Gasteiger partial charge >= 0.3 is 12.0 Å². The number of amides is 2. The third-order valence-corrected chi connectivity index (χ3v) is 2.29.